The van der Waals surface area contributed by atoms with Crippen molar-refractivity contribution in [1.29, 1.82) is 0 Å². The van der Waals surface area contributed by atoms with Gasteiger partial charge in [-0.05, 0) is 0 Å². The summed E-state index contributed by atoms with van der Waals surface area (Å²) in [6.45, 7) is 7.84. The molecule has 2 aliphatic heterocycles. The van der Waals surface area contributed by atoms with E-state index in [2.05, 4.69) is 20.8 Å². The average molecular weight is 263 g/mol. The Labute approximate surface area is 92.9 Å². The number of hydrogen-bond acceptors (Lipinski definition) is 2. The van der Waals surface area contributed by atoms with E-state index in [1.807, 2.05) is 0 Å². The molecule has 0 radical (unpaired) electrons. The summed E-state index contributed by atoms with van der Waals surface area (Å²) in [6.07, 6.45) is 2.96. The third-order valence-electron chi connectivity index (χ3n) is 3.53. The molecule has 0 N–H and O–H groups in total. The van der Waals surface area contributed by atoms with Gasteiger partial charge in [-0.3, -0.25) is 0 Å². The van der Waals surface area contributed by atoms with Crippen molar-refractivity contribution in [2.45, 2.75) is 54.4 Å². The van der Waals surface area contributed by atoms with Gasteiger partial charge in [0.15, 0.2) is 0 Å². The molecule has 2 bridgehead atoms. The van der Waals surface area contributed by atoms with Gasteiger partial charge in [-0.15, -0.1) is 0 Å². The Bertz CT molecular complexity index is 229. The minimum atomic E-state index is 0.121. The SMILES string of the molecule is COC[C@H]1[Se]C(C)(C)[C@H]2CC[C@]1(C)O2. The Morgan fingerprint density at radius 1 is 1.43 bits per heavy atom. The first-order valence-electron chi connectivity index (χ1n) is 5.32. The van der Waals surface area contributed by atoms with E-state index in [4.69, 9.17) is 9.47 Å². The van der Waals surface area contributed by atoms with Crippen molar-refractivity contribution in [3.8, 4) is 0 Å². The molecule has 0 aromatic rings. The van der Waals surface area contributed by atoms with Crippen LogP contribution in [0.5, 0.6) is 0 Å². The second kappa shape index (κ2) is 3.48. The molecular weight excluding hydrogens is 243 g/mol. The maximum absolute atomic E-state index is 6.20. The van der Waals surface area contributed by atoms with Crippen LogP contribution in [0.15, 0.2) is 0 Å². The summed E-state index contributed by atoms with van der Waals surface area (Å²) in [5.41, 5.74) is 0.121. The molecule has 2 fully saturated rings. The van der Waals surface area contributed by atoms with Crippen LogP contribution in [-0.4, -0.2) is 40.4 Å². The summed E-state index contributed by atoms with van der Waals surface area (Å²) >= 11 is 0.636. The van der Waals surface area contributed by atoms with E-state index in [0.29, 0.717) is 30.2 Å². The van der Waals surface area contributed by atoms with Crippen LogP contribution in [0.25, 0.3) is 0 Å². The van der Waals surface area contributed by atoms with Gasteiger partial charge in [0.2, 0.25) is 0 Å². The molecule has 0 aliphatic carbocycles. The molecule has 3 heteroatoms. The number of methoxy groups -OCH3 is 1. The summed E-state index contributed by atoms with van der Waals surface area (Å²) in [5, 5.41) is 0. The van der Waals surface area contributed by atoms with Crippen molar-refractivity contribution in [3.05, 3.63) is 0 Å². The molecule has 0 unspecified atom stereocenters. The number of rotatable bonds is 2. The zero-order valence-corrected chi connectivity index (χ0v) is 11.2. The van der Waals surface area contributed by atoms with E-state index in [-0.39, 0.29) is 5.60 Å². The predicted molar refractivity (Wildman–Crippen MR) is 57.9 cm³/mol. The van der Waals surface area contributed by atoms with Crippen LogP contribution in [0.1, 0.15) is 33.6 Å². The normalized spacial score (nSPS) is 45.4. The van der Waals surface area contributed by atoms with E-state index >= 15 is 0 Å². The van der Waals surface area contributed by atoms with Gasteiger partial charge in [0, 0.05) is 0 Å². The molecule has 0 saturated carbocycles. The molecule has 14 heavy (non-hydrogen) atoms. The van der Waals surface area contributed by atoms with Crippen molar-refractivity contribution >= 4 is 15.0 Å². The van der Waals surface area contributed by atoms with Gasteiger partial charge >= 0.3 is 92.6 Å². The Morgan fingerprint density at radius 3 is 2.79 bits per heavy atom. The Balaban J connectivity index is 2.17. The van der Waals surface area contributed by atoms with Crippen molar-refractivity contribution in [1.82, 2.24) is 0 Å². The zero-order valence-electron chi connectivity index (χ0n) is 9.50. The third kappa shape index (κ3) is 1.65. The van der Waals surface area contributed by atoms with Crippen molar-refractivity contribution in [2.75, 3.05) is 13.7 Å². The standard InChI is InChI=1S/C11H20O2Se/c1-10(2)8-5-6-11(3,13-8)9(14-10)7-12-4/h8-9H,5-7H2,1-4H3/t8-,9-,11+/m1/s1. The summed E-state index contributed by atoms with van der Waals surface area (Å²) in [4.78, 5) is 0.633. The molecule has 2 rings (SSSR count). The Kier molecular flexibility index (Phi) is 2.72. The predicted octanol–water partition coefficient (Wildman–Crippen LogP) is 2.28. The molecule has 82 valence electrons. The fourth-order valence-corrected chi connectivity index (χ4v) is 6.04. The van der Waals surface area contributed by atoms with Crippen LogP contribution >= 0.6 is 0 Å². The molecule has 2 aliphatic rings. The first-order valence-corrected chi connectivity index (χ1v) is 7.17. The van der Waals surface area contributed by atoms with Crippen LogP contribution in [0.2, 0.25) is 9.13 Å². The minimum absolute atomic E-state index is 0.121. The van der Waals surface area contributed by atoms with Gasteiger partial charge in [0.25, 0.3) is 0 Å². The van der Waals surface area contributed by atoms with Gasteiger partial charge in [-0.1, -0.05) is 0 Å². The third-order valence-corrected chi connectivity index (χ3v) is 7.29. The number of ether oxygens (including phenoxy) is 2. The Morgan fingerprint density at radius 2 is 2.14 bits per heavy atom. The molecule has 2 saturated heterocycles. The second-order valence-corrected chi connectivity index (χ2v) is 9.02. The summed E-state index contributed by atoms with van der Waals surface area (Å²) < 4.78 is 11.9. The second-order valence-electron chi connectivity index (χ2n) is 5.12. The Hall–Kier alpha value is 0.439. The van der Waals surface area contributed by atoms with Gasteiger partial charge in [-0.2, -0.15) is 0 Å². The first kappa shape index (κ1) is 10.9. The molecular formula is C11H20O2Se. The zero-order chi connectivity index (χ0) is 10.4. The average Bonchev–Trinajstić information content (AvgIpc) is 2.45. The summed E-state index contributed by atoms with van der Waals surface area (Å²) in [5.74, 6) is 0. The van der Waals surface area contributed by atoms with Crippen LogP contribution in [-0.2, 0) is 9.47 Å². The summed E-state index contributed by atoms with van der Waals surface area (Å²) in [6, 6.07) is 0. The van der Waals surface area contributed by atoms with E-state index in [1.54, 1.807) is 7.11 Å². The molecule has 2 heterocycles. The molecule has 2 nitrogen and oxygen atoms in total. The molecule has 0 aromatic carbocycles. The quantitative estimate of drug-likeness (QED) is 0.712. The van der Waals surface area contributed by atoms with Gasteiger partial charge < -0.3 is 0 Å². The van der Waals surface area contributed by atoms with Crippen molar-refractivity contribution < 1.29 is 9.47 Å². The topological polar surface area (TPSA) is 18.5 Å². The van der Waals surface area contributed by atoms with Crippen LogP contribution < -0.4 is 0 Å². The fraction of sp³-hybridized carbons (Fsp3) is 1.00. The van der Waals surface area contributed by atoms with Gasteiger partial charge in [0.05, 0.1) is 0 Å². The van der Waals surface area contributed by atoms with Crippen molar-refractivity contribution in [2.24, 2.45) is 0 Å². The monoisotopic (exact) mass is 264 g/mol. The molecule has 0 spiro atoms. The molecule has 0 amide bonds. The first-order chi connectivity index (χ1) is 6.48. The fourth-order valence-electron chi connectivity index (χ4n) is 2.52. The number of fused-ring (bicyclic) bond motifs is 2. The van der Waals surface area contributed by atoms with Gasteiger partial charge in [0.1, 0.15) is 0 Å². The summed E-state index contributed by atoms with van der Waals surface area (Å²) in [7, 11) is 1.80. The van der Waals surface area contributed by atoms with E-state index < -0.39 is 0 Å². The van der Waals surface area contributed by atoms with E-state index in [0.717, 1.165) is 6.61 Å². The van der Waals surface area contributed by atoms with Crippen LogP contribution in [0.4, 0.5) is 0 Å². The maximum atomic E-state index is 6.20. The van der Waals surface area contributed by atoms with Gasteiger partial charge in [-0.25, -0.2) is 0 Å². The van der Waals surface area contributed by atoms with E-state index in [9.17, 15) is 0 Å². The molecule has 3 atom stereocenters. The van der Waals surface area contributed by atoms with Crippen LogP contribution in [0, 0.1) is 0 Å². The molecule has 0 aromatic heterocycles. The van der Waals surface area contributed by atoms with Crippen molar-refractivity contribution in [3.63, 3.8) is 0 Å². The number of hydrogen-bond donors (Lipinski definition) is 0. The van der Waals surface area contributed by atoms with Crippen LogP contribution in [0.3, 0.4) is 0 Å². The van der Waals surface area contributed by atoms with E-state index in [1.165, 1.54) is 12.8 Å².